The maximum absolute atomic E-state index is 12.3. The van der Waals surface area contributed by atoms with E-state index < -0.39 is 0 Å². The molecule has 148 valence electrons. The Labute approximate surface area is 168 Å². The van der Waals surface area contributed by atoms with E-state index in [4.69, 9.17) is 0 Å². The third-order valence-corrected chi connectivity index (χ3v) is 5.21. The minimum absolute atomic E-state index is 0.0985. The van der Waals surface area contributed by atoms with Crippen molar-refractivity contribution < 1.29 is 14.4 Å². The van der Waals surface area contributed by atoms with Crippen molar-refractivity contribution in [2.75, 3.05) is 17.2 Å². The molecule has 28 heavy (non-hydrogen) atoms. The lowest BCUT2D eigenvalue weighted by Gasteiger charge is -2.16. The Kier molecular flexibility index (Phi) is 6.41. The molecule has 1 aliphatic rings. The van der Waals surface area contributed by atoms with Crippen LogP contribution in [0, 0.1) is 5.92 Å². The number of nitrogens with zero attached hydrogens (tertiary/aromatic N) is 2. The highest BCUT2D eigenvalue weighted by Crippen LogP contribution is 2.19. The fourth-order valence-corrected chi connectivity index (χ4v) is 3.62. The van der Waals surface area contributed by atoms with Crippen molar-refractivity contribution in [1.82, 2.24) is 9.88 Å². The Morgan fingerprint density at radius 3 is 2.82 bits per heavy atom. The monoisotopic (exact) mass is 400 g/mol. The van der Waals surface area contributed by atoms with Crippen LogP contribution in [0.2, 0.25) is 0 Å². The van der Waals surface area contributed by atoms with E-state index in [2.05, 4.69) is 15.6 Å². The zero-order valence-electron chi connectivity index (χ0n) is 16.0. The fourth-order valence-electron chi connectivity index (χ4n) is 2.90. The molecule has 1 saturated heterocycles. The first-order valence-corrected chi connectivity index (χ1v) is 10.2. The van der Waals surface area contributed by atoms with Crippen LogP contribution >= 0.6 is 11.3 Å². The van der Waals surface area contributed by atoms with Gasteiger partial charge in [0.1, 0.15) is 0 Å². The predicted molar refractivity (Wildman–Crippen MR) is 109 cm³/mol. The summed E-state index contributed by atoms with van der Waals surface area (Å²) < 4.78 is 0. The van der Waals surface area contributed by atoms with Gasteiger partial charge < -0.3 is 15.5 Å². The molecule has 0 bridgehead atoms. The molecule has 8 heteroatoms. The van der Waals surface area contributed by atoms with Gasteiger partial charge in [-0.1, -0.05) is 26.0 Å². The van der Waals surface area contributed by atoms with Crippen LogP contribution in [0.25, 0.3) is 0 Å². The van der Waals surface area contributed by atoms with Crippen LogP contribution < -0.4 is 10.6 Å². The van der Waals surface area contributed by atoms with Gasteiger partial charge in [-0.05, 0) is 24.1 Å². The lowest BCUT2D eigenvalue weighted by Crippen LogP contribution is -2.23. The molecule has 3 amide bonds. The summed E-state index contributed by atoms with van der Waals surface area (Å²) in [4.78, 5) is 41.9. The number of carbonyl (C=O) groups excluding carboxylic acids is 3. The van der Waals surface area contributed by atoms with Crippen molar-refractivity contribution in [2.24, 2.45) is 5.92 Å². The predicted octanol–water partition coefficient (Wildman–Crippen LogP) is 3.04. The molecule has 0 atom stereocenters. The van der Waals surface area contributed by atoms with Gasteiger partial charge in [0.05, 0.1) is 12.1 Å². The van der Waals surface area contributed by atoms with Gasteiger partial charge in [-0.3, -0.25) is 14.4 Å². The van der Waals surface area contributed by atoms with Crippen molar-refractivity contribution in [3.63, 3.8) is 0 Å². The first-order chi connectivity index (χ1) is 13.4. The van der Waals surface area contributed by atoms with E-state index in [0.717, 1.165) is 18.5 Å². The van der Waals surface area contributed by atoms with Crippen LogP contribution in [-0.2, 0) is 27.3 Å². The summed E-state index contributed by atoms with van der Waals surface area (Å²) in [5.74, 6) is -0.225. The molecule has 0 radical (unpaired) electrons. The third kappa shape index (κ3) is 5.39. The van der Waals surface area contributed by atoms with E-state index in [1.54, 1.807) is 5.38 Å². The van der Waals surface area contributed by atoms with E-state index in [9.17, 15) is 14.4 Å². The second-order valence-corrected chi connectivity index (χ2v) is 7.99. The minimum Gasteiger partial charge on any atom is -0.338 e. The Balaban J connectivity index is 1.55. The molecule has 2 heterocycles. The largest absolute Gasteiger partial charge is 0.338 e. The highest BCUT2D eigenvalue weighted by atomic mass is 32.1. The second kappa shape index (κ2) is 8.97. The van der Waals surface area contributed by atoms with Gasteiger partial charge in [-0.25, -0.2) is 4.98 Å². The van der Waals surface area contributed by atoms with Gasteiger partial charge in [-0.15, -0.1) is 11.3 Å². The van der Waals surface area contributed by atoms with Crippen molar-refractivity contribution >= 4 is 39.9 Å². The number of hydrogen-bond acceptors (Lipinski definition) is 5. The molecule has 1 fully saturated rings. The number of hydrogen-bond donors (Lipinski definition) is 2. The average Bonchev–Trinajstić information content (AvgIpc) is 3.24. The molecule has 0 unspecified atom stereocenters. The van der Waals surface area contributed by atoms with Crippen molar-refractivity contribution in [3.05, 3.63) is 40.9 Å². The van der Waals surface area contributed by atoms with Crippen LogP contribution in [0.4, 0.5) is 10.8 Å². The molecule has 1 aromatic heterocycles. The maximum Gasteiger partial charge on any atom is 0.230 e. The van der Waals surface area contributed by atoms with Crippen molar-refractivity contribution in [2.45, 2.75) is 39.7 Å². The number of aromatic nitrogens is 1. The number of benzene rings is 1. The number of rotatable bonds is 7. The molecular weight excluding hydrogens is 376 g/mol. The summed E-state index contributed by atoms with van der Waals surface area (Å²) in [6.45, 7) is 4.97. The van der Waals surface area contributed by atoms with E-state index in [-0.39, 0.29) is 30.1 Å². The van der Waals surface area contributed by atoms with Gasteiger partial charge in [0.15, 0.2) is 5.13 Å². The van der Waals surface area contributed by atoms with Crippen LogP contribution in [0.1, 0.15) is 37.9 Å². The number of anilines is 2. The zero-order chi connectivity index (χ0) is 20.1. The van der Waals surface area contributed by atoms with Crippen LogP contribution in [0.15, 0.2) is 29.6 Å². The summed E-state index contributed by atoms with van der Waals surface area (Å²) in [6, 6.07) is 7.53. The molecule has 2 aromatic rings. The third-order valence-electron chi connectivity index (χ3n) is 4.40. The molecule has 1 aromatic carbocycles. The summed E-state index contributed by atoms with van der Waals surface area (Å²) >= 11 is 1.30. The summed E-state index contributed by atoms with van der Waals surface area (Å²) in [6.07, 6.45) is 1.65. The second-order valence-electron chi connectivity index (χ2n) is 7.13. The van der Waals surface area contributed by atoms with Crippen LogP contribution in [0.3, 0.4) is 0 Å². The van der Waals surface area contributed by atoms with Gasteiger partial charge in [0.2, 0.25) is 17.7 Å². The highest BCUT2D eigenvalue weighted by Gasteiger charge is 2.20. The lowest BCUT2D eigenvalue weighted by atomic mass is 10.2. The fraction of sp³-hybridized carbons (Fsp3) is 0.400. The number of nitrogens with one attached hydrogen (secondary N) is 2. The Bertz CT molecular complexity index is 878. The topological polar surface area (TPSA) is 91.4 Å². The SMILES string of the molecule is CC(C)C(=O)Nc1nc(CC(=O)Nc2cccc(CN3CCCC3=O)c2)cs1. The molecular formula is C20H24N4O3S. The highest BCUT2D eigenvalue weighted by molar-refractivity contribution is 7.13. The summed E-state index contributed by atoms with van der Waals surface area (Å²) in [5, 5.41) is 7.87. The van der Waals surface area contributed by atoms with E-state index >= 15 is 0 Å². The van der Waals surface area contributed by atoms with E-state index in [0.29, 0.717) is 29.5 Å². The maximum atomic E-state index is 12.3. The number of thiazole rings is 1. The molecule has 7 nitrogen and oxygen atoms in total. The van der Waals surface area contributed by atoms with Crippen molar-refractivity contribution in [1.29, 1.82) is 0 Å². The summed E-state index contributed by atoms with van der Waals surface area (Å²) in [5.41, 5.74) is 2.29. The molecule has 1 aliphatic heterocycles. The van der Waals surface area contributed by atoms with Gasteiger partial charge in [0.25, 0.3) is 0 Å². The molecule has 0 saturated carbocycles. The number of carbonyl (C=O) groups is 3. The van der Waals surface area contributed by atoms with E-state index in [1.165, 1.54) is 11.3 Å². The van der Waals surface area contributed by atoms with Gasteiger partial charge in [-0.2, -0.15) is 0 Å². The van der Waals surface area contributed by atoms with Gasteiger partial charge >= 0.3 is 0 Å². The van der Waals surface area contributed by atoms with E-state index in [1.807, 2.05) is 43.0 Å². The Morgan fingerprint density at radius 1 is 1.29 bits per heavy atom. The Morgan fingerprint density at radius 2 is 2.11 bits per heavy atom. The summed E-state index contributed by atoms with van der Waals surface area (Å²) in [7, 11) is 0. The quantitative estimate of drug-likeness (QED) is 0.747. The zero-order valence-corrected chi connectivity index (χ0v) is 16.8. The van der Waals surface area contributed by atoms with Crippen LogP contribution in [0.5, 0.6) is 0 Å². The van der Waals surface area contributed by atoms with Crippen LogP contribution in [-0.4, -0.2) is 34.2 Å². The Hall–Kier alpha value is -2.74. The minimum atomic E-state index is -0.179. The van der Waals surface area contributed by atoms with Crippen molar-refractivity contribution in [3.8, 4) is 0 Å². The standard InChI is InChI=1S/C20H24N4O3S/c1-13(2)19(27)23-20-22-16(12-28-20)10-17(25)21-15-6-3-5-14(9-15)11-24-8-4-7-18(24)26/h3,5-6,9,12-13H,4,7-8,10-11H2,1-2H3,(H,21,25)(H,22,23,27). The normalized spacial score (nSPS) is 13.8. The first-order valence-electron chi connectivity index (χ1n) is 9.32. The van der Waals surface area contributed by atoms with Gasteiger partial charge in [0, 0.05) is 36.5 Å². The molecule has 2 N–H and O–H groups in total. The smallest absolute Gasteiger partial charge is 0.230 e. The lowest BCUT2D eigenvalue weighted by molar-refractivity contribution is -0.128. The number of amides is 3. The molecule has 0 spiro atoms. The molecule has 0 aliphatic carbocycles. The average molecular weight is 401 g/mol. The first kappa shape index (κ1) is 20.0. The number of likely N-dealkylation sites (tertiary alicyclic amines) is 1. The molecule has 3 rings (SSSR count).